The van der Waals surface area contributed by atoms with Gasteiger partial charge in [-0.15, -0.1) is 0 Å². The molecule has 0 spiro atoms. The molecule has 4 heteroatoms. The average Bonchev–Trinajstić information content (AvgIpc) is 2.18. The monoisotopic (exact) mass is 197 g/mol. The maximum absolute atomic E-state index is 11.6. The fourth-order valence-corrected chi connectivity index (χ4v) is 1.39. The van der Waals surface area contributed by atoms with Crippen LogP contribution in [0.5, 0.6) is 0 Å². The summed E-state index contributed by atoms with van der Waals surface area (Å²) in [6.45, 7) is 3.46. The lowest BCUT2D eigenvalue weighted by Crippen LogP contribution is -2.51. The molecule has 0 aromatic heterocycles. The Morgan fingerprint density at radius 2 is 2.43 bits per heavy atom. The molecule has 1 aliphatic rings. The molecule has 0 fully saturated rings. The first-order valence-electron chi connectivity index (χ1n) is 5.20. The fourth-order valence-electron chi connectivity index (χ4n) is 1.39. The molecule has 1 heterocycles. The number of amides is 2. The standard InChI is InChI=1S/C10H19N3O/c1-2-3-7-12-10(14)13-8-5-4-6-9(13)11/h4-5,9H,2-3,6-8,11H2,1H3,(H,12,14). The molecular weight excluding hydrogens is 178 g/mol. The van der Waals surface area contributed by atoms with E-state index in [1.165, 1.54) is 0 Å². The highest BCUT2D eigenvalue weighted by molar-refractivity contribution is 5.74. The van der Waals surface area contributed by atoms with E-state index in [0.29, 0.717) is 6.54 Å². The van der Waals surface area contributed by atoms with E-state index in [-0.39, 0.29) is 12.2 Å². The first-order chi connectivity index (χ1) is 6.75. The molecule has 1 aliphatic heterocycles. The van der Waals surface area contributed by atoms with Crippen LogP contribution < -0.4 is 11.1 Å². The Kier molecular flexibility index (Phi) is 4.46. The number of nitrogens with one attached hydrogen (secondary N) is 1. The SMILES string of the molecule is CCCCNC(=O)N1CC=CCC1N. The Bertz CT molecular complexity index is 215. The van der Waals surface area contributed by atoms with Crippen LogP contribution in [-0.4, -0.2) is 30.2 Å². The van der Waals surface area contributed by atoms with E-state index in [2.05, 4.69) is 12.2 Å². The van der Waals surface area contributed by atoms with Gasteiger partial charge in [-0.25, -0.2) is 4.79 Å². The zero-order valence-corrected chi connectivity index (χ0v) is 8.70. The lowest BCUT2D eigenvalue weighted by atomic mass is 10.2. The summed E-state index contributed by atoms with van der Waals surface area (Å²) in [6, 6.07) is -0.0460. The van der Waals surface area contributed by atoms with Gasteiger partial charge < -0.3 is 16.0 Å². The van der Waals surface area contributed by atoms with Crippen molar-refractivity contribution in [1.82, 2.24) is 10.2 Å². The minimum atomic E-state index is -0.165. The van der Waals surface area contributed by atoms with Crippen molar-refractivity contribution < 1.29 is 4.79 Å². The minimum absolute atomic E-state index is 0.0460. The van der Waals surface area contributed by atoms with Crippen molar-refractivity contribution in [2.45, 2.75) is 32.4 Å². The summed E-state index contributed by atoms with van der Waals surface area (Å²) in [7, 11) is 0. The van der Waals surface area contributed by atoms with Gasteiger partial charge in [-0.3, -0.25) is 0 Å². The molecule has 1 unspecified atom stereocenters. The number of hydrogen-bond donors (Lipinski definition) is 2. The van der Waals surface area contributed by atoms with Crippen molar-refractivity contribution in [2.75, 3.05) is 13.1 Å². The largest absolute Gasteiger partial charge is 0.338 e. The van der Waals surface area contributed by atoms with Gasteiger partial charge in [-0.2, -0.15) is 0 Å². The quantitative estimate of drug-likeness (QED) is 0.524. The molecule has 0 radical (unpaired) electrons. The van der Waals surface area contributed by atoms with Gasteiger partial charge in [0.1, 0.15) is 0 Å². The van der Waals surface area contributed by atoms with Crippen molar-refractivity contribution in [3.8, 4) is 0 Å². The van der Waals surface area contributed by atoms with Gasteiger partial charge in [0.25, 0.3) is 0 Å². The van der Waals surface area contributed by atoms with Gasteiger partial charge in [-0.05, 0) is 12.8 Å². The van der Waals surface area contributed by atoms with Crippen molar-refractivity contribution in [3.63, 3.8) is 0 Å². The highest BCUT2D eigenvalue weighted by Gasteiger charge is 2.19. The zero-order chi connectivity index (χ0) is 10.4. The molecular formula is C10H19N3O. The molecule has 0 saturated carbocycles. The molecule has 2 amide bonds. The predicted molar refractivity (Wildman–Crippen MR) is 56.7 cm³/mol. The van der Waals surface area contributed by atoms with Crippen molar-refractivity contribution >= 4 is 6.03 Å². The van der Waals surface area contributed by atoms with Gasteiger partial charge in [0.15, 0.2) is 0 Å². The minimum Gasteiger partial charge on any atom is -0.338 e. The van der Waals surface area contributed by atoms with Crippen molar-refractivity contribution in [1.29, 1.82) is 0 Å². The van der Waals surface area contributed by atoms with E-state index in [1.807, 2.05) is 12.2 Å². The van der Waals surface area contributed by atoms with Gasteiger partial charge in [0.2, 0.25) is 0 Å². The first kappa shape index (κ1) is 11.0. The topological polar surface area (TPSA) is 58.4 Å². The predicted octanol–water partition coefficient (Wildman–Crippen LogP) is 1.04. The van der Waals surface area contributed by atoms with Gasteiger partial charge >= 0.3 is 6.03 Å². The number of nitrogens with two attached hydrogens (primary N) is 1. The Hall–Kier alpha value is -1.03. The summed E-state index contributed by atoms with van der Waals surface area (Å²) in [5.41, 5.74) is 5.80. The van der Waals surface area contributed by atoms with Crippen LogP contribution in [0, 0.1) is 0 Å². The fraction of sp³-hybridized carbons (Fsp3) is 0.700. The second kappa shape index (κ2) is 5.65. The second-order valence-electron chi connectivity index (χ2n) is 3.51. The van der Waals surface area contributed by atoms with Crippen molar-refractivity contribution in [3.05, 3.63) is 12.2 Å². The smallest absolute Gasteiger partial charge is 0.318 e. The molecule has 0 aromatic carbocycles. The number of rotatable bonds is 3. The summed E-state index contributed by atoms with van der Waals surface area (Å²) >= 11 is 0. The van der Waals surface area contributed by atoms with E-state index in [1.54, 1.807) is 4.90 Å². The van der Waals surface area contributed by atoms with Crippen LogP contribution in [-0.2, 0) is 0 Å². The first-order valence-corrected chi connectivity index (χ1v) is 5.20. The summed E-state index contributed by atoms with van der Waals surface area (Å²) in [5, 5.41) is 2.86. The normalized spacial score (nSPS) is 21.0. The molecule has 14 heavy (non-hydrogen) atoms. The Morgan fingerprint density at radius 1 is 1.64 bits per heavy atom. The van der Waals surface area contributed by atoms with E-state index in [4.69, 9.17) is 5.73 Å². The van der Waals surface area contributed by atoms with E-state index < -0.39 is 0 Å². The van der Waals surface area contributed by atoms with Crippen LogP contribution in [0.2, 0.25) is 0 Å². The molecule has 0 aliphatic carbocycles. The van der Waals surface area contributed by atoms with E-state index >= 15 is 0 Å². The van der Waals surface area contributed by atoms with Crippen LogP contribution in [0.4, 0.5) is 4.79 Å². The van der Waals surface area contributed by atoms with Crippen LogP contribution in [0.3, 0.4) is 0 Å². The maximum Gasteiger partial charge on any atom is 0.318 e. The number of nitrogens with zero attached hydrogens (tertiary/aromatic N) is 1. The Morgan fingerprint density at radius 3 is 3.07 bits per heavy atom. The number of carbonyl (C=O) groups excluding carboxylic acids is 1. The van der Waals surface area contributed by atoms with Crippen LogP contribution in [0.1, 0.15) is 26.2 Å². The molecule has 1 atom stereocenters. The molecule has 0 bridgehead atoms. The molecule has 1 rings (SSSR count). The van der Waals surface area contributed by atoms with E-state index in [9.17, 15) is 4.79 Å². The van der Waals surface area contributed by atoms with E-state index in [0.717, 1.165) is 25.8 Å². The van der Waals surface area contributed by atoms with Gasteiger partial charge in [0.05, 0.1) is 6.17 Å². The van der Waals surface area contributed by atoms with Gasteiger partial charge in [0, 0.05) is 13.1 Å². The number of unbranched alkanes of at least 4 members (excludes halogenated alkanes) is 1. The lowest BCUT2D eigenvalue weighted by Gasteiger charge is -2.30. The molecule has 0 saturated heterocycles. The lowest BCUT2D eigenvalue weighted by molar-refractivity contribution is 0.180. The summed E-state index contributed by atoms with van der Waals surface area (Å²) in [6.07, 6.45) is 6.68. The molecule has 4 nitrogen and oxygen atoms in total. The molecule has 0 aromatic rings. The average molecular weight is 197 g/mol. The third kappa shape index (κ3) is 3.03. The Labute approximate surface area is 85.1 Å². The summed E-state index contributed by atoms with van der Waals surface area (Å²) in [5.74, 6) is 0. The van der Waals surface area contributed by atoms with Gasteiger partial charge in [-0.1, -0.05) is 25.5 Å². The zero-order valence-electron chi connectivity index (χ0n) is 8.70. The Balaban J connectivity index is 2.32. The number of hydrogen-bond acceptors (Lipinski definition) is 2. The maximum atomic E-state index is 11.6. The van der Waals surface area contributed by atoms with Crippen molar-refractivity contribution in [2.24, 2.45) is 5.73 Å². The summed E-state index contributed by atoms with van der Waals surface area (Å²) < 4.78 is 0. The number of carbonyl (C=O) groups is 1. The number of urea groups is 1. The second-order valence-corrected chi connectivity index (χ2v) is 3.51. The highest BCUT2D eigenvalue weighted by atomic mass is 16.2. The third-order valence-corrected chi connectivity index (χ3v) is 2.31. The summed E-state index contributed by atoms with van der Waals surface area (Å²) in [4.78, 5) is 13.2. The van der Waals surface area contributed by atoms with Crippen LogP contribution in [0.15, 0.2) is 12.2 Å². The highest BCUT2D eigenvalue weighted by Crippen LogP contribution is 2.06. The van der Waals surface area contributed by atoms with Crippen LogP contribution in [0.25, 0.3) is 0 Å². The molecule has 3 N–H and O–H groups in total. The third-order valence-electron chi connectivity index (χ3n) is 2.31. The van der Waals surface area contributed by atoms with Crippen LogP contribution >= 0.6 is 0 Å². The molecule has 80 valence electrons.